The van der Waals surface area contributed by atoms with E-state index in [9.17, 15) is 5.11 Å². The molecule has 1 aliphatic heterocycles. The van der Waals surface area contributed by atoms with Gasteiger partial charge in [0.1, 0.15) is 0 Å². The molecule has 3 rings (SSSR count). The summed E-state index contributed by atoms with van der Waals surface area (Å²) in [4.78, 5) is 0. The summed E-state index contributed by atoms with van der Waals surface area (Å²) in [6, 6.07) is 8.39. The van der Waals surface area contributed by atoms with Crippen molar-refractivity contribution in [3.63, 3.8) is 0 Å². The molecule has 0 aromatic heterocycles. The van der Waals surface area contributed by atoms with E-state index in [0.717, 1.165) is 24.2 Å². The Bertz CT molecular complexity index is 478. The standard InChI is InChI=1S/C18H27NO3/c1-2-22-17(20)16(13-4-3-5-13)14-6-8-15(9-7-14)18(19)10-11-21-12-18/h6-9,13,16-17,20H,2-5,10-12,19H2,1H3. The van der Waals surface area contributed by atoms with Crippen LogP contribution < -0.4 is 5.73 Å². The normalized spacial score (nSPS) is 28.3. The number of hydrogen-bond acceptors (Lipinski definition) is 4. The van der Waals surface area contributed by atoms with Gasteiger partial charge in [-0.25, -0.2) is 0 Å². The lowest BCUT2D eigenvalue weighted by Gasteiger charge is -2.37. The molecule has 3 N–H and O–H groups in total. The van der Waals surface area contributed by atoms with Crippen LogP contribution in [0.3, 0.4) is 0 Å². The van der Waals surface area contributed by atoms with Crippen molar-refractivity contribution in [1.82, 2.24) is 0 Å². The first-order valence-corrected chi connectivity index (χ1v) is 8.41. The van der Waals surface area contributed by atoms with Crippen LogP contribution in [0.2, 0.25) is 0 Å². The van der Waals surface area contributed by atoms with Gasteiger partial charge in [0.25, 0.3) is 0 Å². The fraction of sp³-hybridized carbons (Fsp3) is 0.667. The molecule has 4 heteroatoms. The number of rotatable bonds is 6. The highest BCUT2D eigenvalue weighted by Crippen LogP contribution is 2.42. The minimum Gasteiger partial charge on any atom is -0.379 e. The van der Waals surface area contributed by atoms with Crippen molar-refractivity contribution < 1.29 is 14.6 Å². The third kappa shape index (κ3) is 3.06. The van der Waals surface area contributed by atoms with Crippen molar-refractivity contribution in [3.05, 3.63) is 35.4 Å². The Balaban J connectivity index is 1.79. The Morgan fingerprint density at radius 1 is 1.36 bits per heavy atom. The van der Waals surface area contributed by atoms with E-state index in [-0.39, 0.29) is 11.5 Å². The van der Waals surface area contributed by atoms with Crippen LogP contribution in [0.5, 0.6) is 0 Å². The fourth-order valence-electron chi connectivity index (χ4n) is 3.59. The Hall–Kier alpha value is -0.940. The predicted octanol–water partition coefficient (Wildman–Crippen LogP) is 2.50. The van der Waals surface area contributed by atoms with E-state index in [0.29, 0.717) is 19.1 Å². The van der Waals surface area contributed by atoms with E-state index in [4.69, 9.17) is 15.2 Å². The molecular formula is C18H27NO3. The summed E-state index contributed by atoms with van der Waals surface area (Å²) in [6.45, 7) is 3.76. The van der Waals surface area contributed by atoms with Crippen LogP contribution >= 0.6 is 0 Å². The molecule has 0 amide bonds. The first-order chi connectivity index (χ1) is 10.6. The van der Waals surface area contributed by atoms with E-state index in [1.54, 1.807) is 0 Å². The van der Waals surface area contributed by atoms with Gasteiger partial charge in [0.05, 0.1) is 12.1 Å². The van der Waals surface area contributed by atoms with Gasteiger partial charge >= 0.3 is 0 Å². The van der Waals surface area contributed by atoms with Crippen molar-refractivity contribution in [2.45, 2.75) is 50.4 Å². The van der Waals surface area contributed by atoms with Crippen molar-refractivity contribution in [2.75, 3.05) is 19.8 Å². The highest BCUT2D eigenvalue weighted by atomic mass is 16.6. The Morgan fingerprint density at radius 3 is 2.59 bits per heavy atom. The van der Waals surface area contributed by atoms with E-state index in [1.807, 2.05) is 6.92 Å². The number of aliphatic hydroxyl groups excluding tert-OH is 1. The molecule has 1 saturated carbocycles. The lowest BCUT2D eigenvalue weighted by molar-refractivity contribution is -0.127. The average molecular weight is 305 g/mol. The first-order valence-electron chi connectivity index (χ1n) is 8.41. The number of nitrogens with two attached hydrogens (primary N) is 1. The fourth-order valence-corrected chi connectivity index (χ4v) is 3.59. The zero-order valence-corrected chi connectivity index (χ0v) is 13.3. The Kier molecular flexibility index (Phi) is 4.83. The molecule has 2 fully saturated rings. The molecule has 3 unspecified atom stereocenters. The molecule has 4 nitrogen and oxygen atoms in total. The highest BCUT2D eigenvalue weighted by molar-refractivity contribution is 5.32. The van der Waals surface area contributed by atoms with Gasteiger partial charge < -0.3 is 20.3 Å². The van der Waals surface area contributed by atoms with Crippen LogP contribution in [0.4, 0.5) is 0 Å². The van der Waals surface area contributed by atoms with Crippen molar-refractivity contribution in [2.24, 2.45) is 11.7 Å². The lowest BCUT2D eigenvalue weighted by atomic mass is 9.72. The molecular weight excluding hydrogens is 278 g/mol. The van der Waals surface area contributed by atoms with E-state index in [2.05, 4.69) is 24.3 Å². The van der Waals surface area contributed by atoms with Crippen LogP contribution in [0, 0.1) is 5.92 Å². The molecule has 0 spiro atoms. The maximum Gasteiger partial charge on any atom is 0.161 e. The highest BCUT2D eigenvalue weighted by Gasteiger charge is 2.35. The summed E-state index contributed by atoms with van der Waals surface area (Å²) in [5.41, 5.74) is 8.32. The summed E-state index contributed by atoms with van der Waals surface area (Å²) in [7, 11) is 0. The molecule has 2 aliphatic rings. The van der Waals surface area contributed by atoms with Crippen LogP contribution in [-0.2, 0) is 15.0 Å². The van der Waals surface area contributed by atoms with Crippen LogP contribution in [0.1, 0.15) is 49.7 Å². The molecule has 0 bridgehead atoms. The van der Waals surface area contributed by atoms with E-state index < -0.39 is 6.29 Å². The number of hydrogen-bond donors (Lipinski definition) is 2. The first kappa shape index (κ1) is 15.9. The molecule has 1 aliphatic carbocycles. The third-order valence-electron chi connectivity index (χ3n) is 5.22. The molecule has 1 aromatic carbocycles. The van der Waals surface area contributed by atoms with Crippen molar-refractivity contribution in [1.29, 1.82) is 0 Å². The maximum atomic E-state index is 10.4. The summed E-state index contributed by atoms with van der Waals surface area (Å²) < 4.78 is 10.9. The summed E-state index contributed by atoms with van der Waals surface area (Å²) in [6.07, 6.45) is 3.74. The van der Waals surface area contributed by atoms with Gasteiger partial charge in [-0.15, -0.1) is 0 Å². The maximum absolute atomic E-state index is 10.4. The van der Waals surface area contributed by atoms with Gasteiger partial charge in [0, 0.05) is 19.1 Å². The smallest absolute Gasteiger partial charge is 0.161 e. The molecule has 0 radical (unpaired) electrons. The molecule has 1 aromatic rings. The number of ether oxygens (including phenoxy) is 2. The van der Waals surface area contributed by atoms with Crippen molar-refractivity contribution in [3.8, 4) is 0 Å². The third-order valence-corrected chi connectivity index (χ3v) is 5.22. The average Bonchev–Trinajstić information content (AvgIpc) is 2.91. The summed E-state index contributed by atoms with van der Waals surface area (Å²) in [5, 5.41) is 10.4. The Labute approximate surface area is 132 Å². The molecule has 1 saturated heterocycles. The van der Waals surface area contributed by atoms with Crippen LogP contribution in [0.25, 0.3) is 0 Å². The zero-order valence-electron chi connectivity index (χ0n) is 13.3. The SMILES string of the molecule is CCOC(O)C(c1ccc(C2(N)CCOC2)cc1)C1CCC1. The summed E-state index contributed by atoms with van der Waals surface area (Å²) in [5.74, 6) is 0.588. The van der Waals surface area contributed by atoms with Crippen molar-refractivity contribution >= 4 is 0 Å². The second-order valence-corrected chi connectivity index (χ2v) is 6.64. The topological polar surface area (TPSA) is 64.7 Å². The largest absolute Gasteiger partial charge is 0.379 e. The number of aliphatic hydroxyl groups is 1. The van der Waals surface area contributed by atoms with E-state index in [1.165, 1.54) is 19.3 Å². The minimum atomic E-state index is -0.720. The second-order valence-electron chi connectivity index (χ2n) is 6.64. The molecule has 3 atom stereocenters. The van der Waals surface area contributed by atoms with Gasteiger partial charge in [-0.1, -0.05) is 30.7 Å². The summed E-state index contributed by atoms with van der Waals surface area (Å²) >= 11 is 0. The van der Waals surface area contributed by atoms with Crippen LogP contribution in [-0.4, -0.2) is 31.2 Å². The lowest BCUT2D eigenvalue weighted by Crippen LogP contribution is -2.37. The van der Waals surface area contributed by atoms with E-state index >= 15 is 0 Å². The Morgan fingerprint density at radius 2 is 2.09 bits per heavy atom. The molecule has 1 heterocycles. The zero-order chi connectivity index (χ0) is 15.6. The van der Waals surface area contributed by atoms with Gasteiger partial charge in [0.2, 0.25) is 0 Å². The van der Waals surface area contributed by atoms with Gasteiger partial charge in [0.15, 0.2) is 6.29 Å². The molecule has 22 heavy (non-hydrogen) atoms. The molecule has 122 valence electrons. The van der Waals surface area contributed by atoms with Gasteiger partial charge in [-0.3, -0.25) is 0 Å². The number of benzene rings is 1. The van der Waals surface area contributed by atoms with Gasteiger partial charge in [-0.05, 0) is 43.2 Å². The predicted molar refractivity (Wildman–Crippen MR) is 85.5 cm³/mol. The second kappa shape index (κ2) is 6.67. The van der Waals surface area contributed by atoms with Gasteiger partial charge in [-0.2, -0.15) is 0 Å². The van der Waals surface area contributed by atoms with Crippen LogP contribution in [0.15, 0.2) is 24.3 Å². The quantitative estimate of drug-likeness (QED) is 0.793. The minimum absolute atomic E-state index is 0.0660. The monoisotopic (exact) mass is 305 g/mol.